The van der Waals surface area contributed by atoms with E-state index in [4.69, 9.17) is 14.7 Å². The van der Waals surface area contributed by atoms with Crippen molar-refractivity contribution in [3.8, 4) is 0 Å². The van der Waals surface area contributed by atoms with Crippen molar-refractivity contribution in [2.24, 2.45) is 4.99 Å². The van der Waals surface area contributed by atoms with Gasteiger partial charge in [0.05, 0.1) is 28.4 Å². The van der Waals surface area contributed by atoms with Crippen LogP contribution in [0, 0.1) is 0 Å². The van der Waals surface area contributed by atoms with Gasteiger partial charge in [0, 0.05) is 45.7 Å². The van der Waals surface area contributed by atoms with Gasteiger partial charge in [-0.05, 0) is 25.5 Å². The summed E-state index contributed by atoms with van der Waals surface area (Å²) in [5.41, 5.74) is 1.11. The zero-order chi connectivity index (χ0) is 18.0. The normalized spacial score (nSPS) is 16.1. The molecule has 0 bridgehead atoms. The summed E-state index contributed by atoms with van der Waals surface area (Å²) in [6.07, 6.45) is 2.00. The molecule has 6 nitrogen and oxygen atoms in total. The standard InChI is InChI=1S/C19H29N5OS/c1-2-20-19(22-10-11-24-12-14-25-15-13-24)21-9-5-8-18-23-16-6-3-4-7-17(16)26-18/h3-4,6-7H,2,5,8-15H2,1H3,(H2,20,21,22). The quantitative estimate of drug-likeness (QED) is 0.420. The van der Waals surface area contributed by atoms with E-state index in [1.807, 2.05) is 6.07 Å². The van der Waals surface area contributed by atoms with Crippen LogP contribution in [0.25, 0.3) is 10.2 Å². The van der Waals surface area contributed by atoms with E-state index in [2.05, 4.69) is 40.7 Å². The molecule has 2 N–H and O–H groups in total. The maximum absolute atomic E-state index is 5.38. The van der Waals surface area contributed by atoms with Gasteiger partial charge in [-0.2, -0.15) is 0 Å². The monoisotopic (exact) mass is 375 g/mol. The molecule has 142 valence electrons. The fourth-order valence-electron chi connectivity index (χ4n) is 2.95. The van der Waals surface area contributed by atoms with Gasteiger partial charge in [0.1, 0.15) is 0 Å². The van der Waals surface area contributed by atoms with E-state index in [-0.39, 0.29) is 0 Å². The highest BCUT2D eigenvalue weighted by atomic mass is 32.1. The summed E-state index contributed by atoms with van der Waals surface area (Å²) in [5.74, 6) is 0.907. The van der Waals surface area contributed by atoms with Gasteiger partial charge in [-0.25, -0.2) is 4.98 Å². The highest BCUT2D eigenvalue weighted by Gasteiger charge is 2.09. The lowest BCUT2D eigenvalue weighted by molar-refractivity contribution is 0.0389. The van der Waals surface area contributed by atoms with E-state index >= 15 is 0 Å². The molecule has 1 aliphatic rings. The number of ether oxygens (including phenoxy) is 1. The number of hydrogen-bond acceptors (Lipinski definition) is 5. The van der Waals surface area contributed by atoms with Crippen molar-refractivity contribution in [3.63, 3.8) is 0 Å². The van der Waals surface area contributed by atoms with Crippen LogP contribution in [0.5, 0.6) is 0 Å². The third kappa shape index (κ3) is 5.93. The molecule has 0 saturated carbocycles. The molecule has 0 spiro atoms. The van der Waals surface area contributed by atoms with Crippen molar-refractivity contribution in [1.29, 1.82) is 0 Å². The van der Waals surface area contributed by atoms with Gasteiger partial charge >= 0.3 is 0 Å². The molecule has 7 heteroatoms. The first-order valence-corrected chi connectivity index (χ1v) is 10.3. The number of nitrogens with one attached hydrogen (secondary N) is 2. The molecule has 1 aromatic heterocycles. The van der Waals surface area contributed by atoms with E-state index in [0.717, 1.165) is 76.8 Å². The third-order valence-electron chi connectivity index (χ3n) is 4.33. The smallest absolute Gasteiger partial charge is 0.191 e. The van der Waals surface area contributed by atoms with Crippen LogP contribution in [-0.4, -0.2) is 68.3 Å². The van der Waals surface area contributed by atoms with E-state index in [9.17, 15) is 0 Å². The fraction of sp³-hybridized carbons (Fsp3) is 0.579. The highest BCUT2D eigenvalue weighted by molar-refractivity contribution is 7.18. The molecular weight excluding hydrogens is 346 g/mol. The lowest BCUT2D eigenvalue weighted by atomic mass is 10.3. The average Bonchev–Trinajstić information content (AvgIpc) is 3.09. The second-order valence-corrected chi connectivity index (χ2v) is 7.44. The zero-order valence-corrected chi connectivity index (χ0v) is 16.4. The van der Waals surface area contributed by atoms with Crippen LogP contribution < -0.4 is 10.6 Å². The number of benzene rings is 1. The van der Waals surface area contributed by atoms with E-state index in [1.54, 1.807) is 11.3 Å². The Hall–Kier alpha value is -1.70. The second kappa shape index (κ2) is 10.4. The van der Waals surface area contributed by atoms with Crippen LogP contribution in [0.3, 0.4) is 0 Å². The van der Waals surface area contributed by atoms with Crippen molar-refractivity contribution in [3.05, 3.63) is 29.3 Å². The van der Waals surface area contributed by atoms with Crippen LogP contribution in [0.15, 0.2) is 29.3 Å². The Morgan fingerprint density at radius 2 is 2.12 bits per heavy atom. The molecule has 0 radical (unpaired) electrons. The Labute approximate surface area is 159 Å². The van der Waals surface area contributed by atoms with Crippen molar-refractivity contribution in [1.82, 2.24) is 20.5 Å². The SMILES string of the molecule is CCNC(=NCCCc1nc2ccccc2s1)NCCN1CCOCC1. The molecular formula is C19H29N5OS. The number of nitrogens with zero attached hydrogens (tertiary/aromatic N) is 3. The second-order valence-electron chi connectivity index (χ2n) is 6.32. The molecule has 1 aliphatic heterocycles. The number of guanidine groups is 1. The van der Waals surface area contributed by atoms with Crippen LogP contribution in [0.4, 0.5) is 0 Å². The molecule has 0 atom stereocenters. The van der Waals surface area contributed by atoms with E-state index < -0.39 is 0 Å². The summed E-state index contributed by atoms with van der Waals surface area (Å²) in [6.45, 7) is 9.46. The molecule has 0 amide bonds. The van der Waals surface area contributed by atoms with Crippen molar-refractivity contribution in [2.75, 3.05) is 52.5 Å². The number of aromatic nitrogens is 1. The van der Waals surface area contributed by atoms with Gasteiger partial charge < -0.3 is 15.4 Å². The molecule has 2 aromatic rings. The van der Waals surface area contributed by atoms with Crippen molar-refractivity contribution < 1.29 is 4.74 Å². The van der Waals surface area contributed by atoms with Gasteiger partial charge in [-0.15, -0.1) is 11.3 Å². The summed E-state index contributed by atoms with van der Waals surface area (Å²) in [6, 6.07) is 8.33. The minimum Gasteiger partial charge on any atom is -0.379 e. The van der Waals surface area contributed by atoms with E-state index in [1.165, 1.54) is 9.71 Å². The topological polar surface area (TPSA) is 61.8 Å². The lowest BCUT2D eigenvalue weighted by Gasteiger charge is -2.26. The first-order valence-electron chi connectivity index (χ1n) is 9.52. The van der Waals surface area contributed by atoms with Crippen LogP contribution >= 0.6 is 11.3 Å². The zero-order valence-electron chi connectivity index (χ0n) is 15.5. The summed E-state index contributed by atoms with van der Waals surface area (Å²) < 4.78 is 6.65. The predicted octanol–water partition coefficient (Wildman–Crippen LogP) is 2.12. The van der Waals surface area contributed by atoms with Gasteiger partial charge in [0.25, 0.3) is 0 Å². The number of aryl methyl sites for hydroxylation is 1. The number of fused-ring (bicyclic) bond motifs is 1. The van der Waals surface area contributed by atoms with Crippen LogP contribution in [-0.2, 0) is 11.2 Å². The molecule has 0 unspecified atom stereocenters. The Kier molecular flexibility index (Phi) is 7.66. The minimum atomic E-state index is 0.808. The summed E-state index contributed by atoms with van der Waals surface area (Å²) in [7, 11) is 0. The molecule has 2 heterocycles. The highest BCUT2D eigenvalue weighted by Crippen LogP contribution is 2.22. The molecule has 1 saturated heterocycles. The van der Waals surface area contributed by atoms with Gasteiger partial charge in [-0.3, -0.25) is 9.89 Å². The molecule has 1 aromatic carbocycles. The molecule has 26 heavy (non-hydrogen) atoms. The van der Waals surface area contributed by atoms with Gasteiger partial charge in [0.15, 0.2) is 5.96 Å². The van der Waals surface area contributed by atoms with Crippen molar-refractivity contribution >= 4 is 27.5 Å². The summed E-state index contributed by atoms with van der Waals surface area (Å²) in [5, 5.41) is 7.96. The summed E-state index contributed by atoms with van der Waals surface area (Å²) in [4.78, 5) is 11.8. The first kappa shape index (κ1) is 19.1. The molecule has 0 aliphatic carbocycles. The van der Waals surface area contributed by atoms with Gasteiger partial charge in [0.2, 0.25) is 0 Å². The van der Waals surface area contributed by atoms with Crippen LogP contribution in [0.1, 0.15) is 18.4 Å². The first-order chi connectivity index (χ1) is 12.8. The number of morpholine rings is 1. The van der Waals surface area contributed by atoms with Crippen molar-refractivity contribution in [2.45, 2.75) is 19.8 Å². The number of aliphatic imine (C=N–C) groups is 1. The minimum absolute atomic E-state index is 0.808. The number of thiazole rings is 1. The average molecular weight is 376 g/mol. The Morgan fingerprint density at radius 3 is 2.92 bits per heavy atom. The third-order valence-corrected chi connectivity index (χ3v) is 5.42. The number of rotatable bonds is 8. The number of para-hydroxylation sites is 1. The lowest BCUT2D eigenvalue weighted by Crippen LogP contribution is -2.44. The number of hydrogen-bond donors (Lipinski definition) is 2. The maximum Gasteiger partial charge on any atom is 0.191 e. The van der Waals surface area contributed by atoms with Crippen LogP contribution in [0.2, 0.25) is 0 Å². The Morgan fingerprint density at radius 1 is 1.27 bits per heavy atom. The maximum atomic E-state index is 5.38. The van der Waals surface area contributed by atoms with Gasteiger partial charge in [-0.1, -0.05) is 12.1 Å². The largest absolute Gasteiger partial charge is 0.379 e. The molecule has 1 fully saturated rings. The molecule has 3 rings (SSSR count). The Bertz CT molecular complexity index is 663. The van der Waals surface area contributed by atoms with E-state index in [0.29, 0.717) is 0 Å². The fourth-order valence-corrected chi connectivity index (χ4v) is 3.96. The Balaban J connectivity index is 1.40. The predicted molar refractivity (Wildman–Crippen MR) is 109 cm³/mol. The summed E-state index contributed by atoms with van der Waals surface area (Å²) >= 11 is 1.79.